The van der Waals surface area contributed by atoms with Crippen molar-refractivity contribution in [2.45, 2.75) is 30.5 Å². The molecule has 2 aromatic heterocycles. The predicted octanol–water partition coefficient (Wildman–Crippen LogP) is 4.03. The lowest BCUT2D eigenvalue weighted by Gasteiger charge is -2.22. The summed E-state index contributed by atoms with van der Waals surface area (Å²) in [7, 11) is 0.0214. The number of carbonyl (C=O) groups is 1. The van der Waals surface area contributed by atoms with Crippen molar-refractivity contribution in [1.29, 1.82) is 0 Å². The summed E-state index contributed by atoms with van der Waals surface area (Å²) in [6, 6.07) is 19.7. The highest BCUT2D eigenvalue weighted by atomic mass is 32.2. The van der Waals surface area contributed by atoms with Crippen LogP contribution in [0.25, 0.3) is 22.2 Å². The summed E-state index contributed by atoms with van der Waals surface area (Å²) in [5.74, 6) is -0.320. The van der Waals surface area contributed by atoms with Crippen LogP contribution < -0.4 is 10.2 Å². The molecule has 1 fully saturated rings. The maximum atomic E-state index is 13.3. The summed E-state index contributed by atoms with van der Waals surface area (Å²) >= 11 is 0. The van der Waals surface area contributed by atoms with Gasteiger partial charge in [0.15, 0.2) is 0 Å². The summed E-state index contributed by atoms with van der Waals surface area (Å²) in [5.41, 5.74) is 4.23. The van der Waals surface area contributed by atoms with Crippen molar-refractivity contribution in [3.8, 4) is 11.3 Å². The Labute approximate surface area is 210 Å². The maximum absolute atomic E-state index is 13.3. The van der Waals surface area contributed by atoms with Crippen LogP contribution in [-0.4, -0.2) is 50.3 Å². The number of amides is 1. The standard InChI is InChI=1S/C27H28N4O4S/c1-30(2)23-10-5-4-9-21(23)22-16-19(13-14-28-22)18-29-27(32)24-11-7-15-31(24)36(33,34)26-17-20-8-3-6-12-25(20)35-26/h3-6,8-10,12-14,16-17,24H,7,11,15,18H2,1-2H3,(H,29,32)/t24-/m0/s1. The van der Waals surface area contributed by atoms with Crippen LogP contribution in [0.5, 0.6) is 0 Å². The number of carbonyl (C=O) groups excluding carboxylic acids is 1. The van der Waals surface area contributed by atoms with Crippen molar-refractivity contribution >= 4 is 32.6 Å². The zero-order valence-corrected chi connectivity index (χ0v) is 21.0. The number of aromatic nitrogens is 1. The Morgan fingerprint density at radius 1 is 1.11 bits per heavy atom. The van der Waals surface area contributed by atoms with Crippen molar-refractivity contribution in [3.05, 3.63) is 78.5 Å². The van der Waals surface area contributed by atoms with E-state index in [0.717, 1.165) is 22.5 Å². The lowest BCUT2D eigenvalue weighted by Crippen LogP contribution is -2.45. The number of rotatable bonds is 7. The Kier molecular flexibility index (Phi) is 6.51. The number of para-hydroxylation sites is 2. The monoisotopic (exact) mass is 504 g/mol. The first kappa shape index (κ1) is 24.0. The molecule has 0 radical (unpaired) electrons. The third kappa shape index (κ3) is 4.59. The van der Waals surface area contributed by atoms with Crippen LogP contribution in [0.4, 0.5) is 5.69 Å². The lowest BCUT2D eigenvalue weighted by molar-refractivity contribution is -0.124. The van der Waals surface area contributed by atoms with E-state index in [2.05, 4.69) is 10.3 Å². The van der Waals surface area contributed by atoms with Crippen LogP contribution in [0.1, 0.15) is 18.4 Å². The zero-order chi connectivity index (χ0) is 25.3. The van der Waals surface area contributed by atoms with Crippen LogP contribution in [0, 0.1) is 0 Å². The first-order chi connectivity index (χ1) is 17.3. The molecular formula is C27H28N4O4S. The van der Waals surface area contributed by atoms with E-state index in [-0.39, 0.29) is 24.1 Å². The molecule has 0 bridgehead atoms. The molecule has 186 valence electrons. The van der Waals surface area contributed by atoms with E-state index >= 15 is 0 Å². The van der Waals surface area contributed by atoms with Gasteiger partial charge in [-0.1, -0.05) is 36.4 Å². The highest BCUT2D eigenvalue weighted by Gasteiger charge is 2.41. The van der Waals surface area contributed by atoms with Gasteiger partial charge in [-0.15, -0.1) is 0 Å². The van der Waals surface area contributed by atoms with Gasteiger partial charge in [0.25, 0.3) is 10.0 Å². The molecule has 1 atom stereocenters. The molecule has 0 spiro atoms. The number of sulfonamides is 1. The molecule has 8 nitrogen and oxygen atoms in total. The van der Waals surface area contributed by atoms with Crippen molar-refractivity contribution in [2.24, 2.45) is 0 Å². The molecule has 9 heteroatoms. The van der Waals surface area contributed by atoms with E-state index in [1.807, 2.05) is 61.5 Å². The van der Waals surface area contributed by atoms with Gasteiger partial charge in [-0.25, -0.2) is 8.42 Å². The fourth-order valence-electron chi connectivity index (χ4n) is 4.61. The van der Waals surface area contributed by atoms with E-state index in [1.165, 1.54) is 10.4 Å². The van der Waals surface area contributed by atoms with Gasteiger partial charge in [0, 0.05) is 56.1 Å². The highest BCUT2D eigenvalue weighted by Crippen LogP contribution is 2.31. The second-order valence-corrected chi connectivity index (χ2v) is 10.9. The molecule has 5 rings (SSSR count). The minimum Gasteiger partial charge on any atom is -0.443 e. The SMILES string of the molecule is CN(C)c1ccccc1-c1cc(CNC(=O)[C@@H]2CCCN2S(=O)(=O)c2cc3ccccc3o2)ccn1. The van der Waals surface area contributed by atoms with Gasteiger partial charge in [-0.3, -0.25) is 9.78 Å². The van der Waals surface area contributed by atoms with E-state index in [9.17, 15) is 13.2 Å². The van der Waals surface area contributed by atoms with Gasteiger partial charge in [0.05, 0.1) is 5.69 Å². The summed E-state index contributed by atoms with van der Waals surface area (Å²) in [5, 5.41) is 3.49. The summed E-state index contributed by atoms with van der Waals surface area (Å²) in [4.78, 5) is 19.7. The minimum absolute atomic E-state index is 0.137. The van der Waals surface area contributed by atoms with E-state index < -0.39 is 16.1 Å². The van der Waals surface area contributed by atoms with Crippen LogP contribution >= 0.6 is 0 Å². The van der Waals surface area contributed by atoms with Crippen molar-refractivity contribution in [3.63, 3.8) is 0 Å². The topological polar surface area (TPSA) is 95.8 Å². The third-order valence-corrected chi connectivity index (χ3v) is 8.19. The molecule has 36 heavy (non-hydrogen) atoms. The molecule has 2 aromatic carbocycles. The molecule has 0 saturated carbocycles. The number of hydrogen-bond acceptors (Lipinski definition) is 6. The quantitative estimate of drug-likeness (QED) is 0.408. The molecule has 1 aliphatic heterocycles. The highest BCUT2D eigenvalue weighted by molar-refractivity contribution is 7.89. The number of pyridine rings is 1. The van der Waals surface area contributed by atoms with Gasteiger partial charge in [-0.2, -0.15) is 4.31 Å². The molecule has 3 heterocycles. The fourth-order valence-corrected chi connectivity index (χ4v) is 6.22. The van der Waals surface area contributed by atoms with Crippen LogP contribution in [-0.2, 0) is 21.4 Å². The van der Waals surface area contributed by atoms with Crippen molar-refractivity contribution < 1.29 is 17.6 Å². The maximum Gasteiger partial charge on any atom is 0.277 e. The Hall–Kier alpha value is -3.69. The van der Waals surface area contributed by atoms with E-state index in [4.69, 9.17) is 4.42 Å². The van der Waals surface area contributed by atoms with Gasteiger partial charge in [-0.05, 0) is 42.7 Å². The second kappa shape index (κ2) is 9.75. The van der Waals surface area contributed by atoms with Crippen molar-refractivity contribution in [1.82, 2.24) is 14.6 Å². The van der Waals surface area contributed by atoms with Gasteiger partial charge in [0.1, 0.15) is 11.6 Å². The van der Waals surface area contributed by atoms with Crippen LogP contribution in [0.3, 0.4) is 0 Å². The molecule has 1 aliphatic rings. The summed E-state index contributed by atoms with van der Waals surface area (Å²) in [6.07, 6.45) is 2.79. The van der Waals surface area contributed by atoms with Gasteiger partial charge >= 0.3 is 0 Å². The molecule has 1 amide bonds. The Morgan fingerprint density at radius 3 is 2.69 bits per heavy atom. The fraction of sp³-hybridized carbons (Fsp3) is 0.259. The zero-order valence-electron chi connectivity index (χ0n) is 20.2. The third-order valence-electron chi connectivity index (χ3n) is 6.43. The Bertz CT molecular complexity index is 1480. The molecule has 1 saturated heterocycles. The smallest absolute Gasteiger partial charge is 0.277 e. The number of anilines is 1. The van der Waals surface area contributed by atoms with E-state index in [0.29, 0.717) is 23.8 Å². The van der Waals surface area contributed by atoms with Gasteiger partial charge in [0.2, 0.25) is 11.0 Å². The number of fused-ring (bicyclic) bond motifs is 1. The van der Waals surface area contributed by atoms with E-state index in [1.54, 1.807) is 24.4 Å². The number of nitrogens with zero attached hydrogens (tertiary/aromatic N) is 3. The lowest BCUT2D eigenvalue weighted by atomic mass is 10.1. The summed E-state index contributed by atoms with van der Waals surface area (Å²) in [6.45, 7) is 0.547. The number of nitrogens with one attached hydrogen (secondary N) is 1. The molecule has 0 unspecified atom stereocenters. The average molecular weight is 505 g/mol. The Morgan fingerprint density at radius 2 is 1.89 bits per heavy atom. The largest absolute Gasteiger partial charge is 0.443 e. The minimum atomic E-state index is -3.94. The van der Waals surface area contributed by atoms with Crippen LogP contribution in [0.2, 0.25) is 0 Å². The predicted molar refractivity (Wildman–Crippen MR) is 139 cm³/mol. The number of hydrogen-bond donors (Lipinski definition) is 1. The molecule has 4 aromatic rings. The van der Waals surface area contributed by atoms with Gasteiger partial charge < -0.3 is 14.6 Å². The summed E-state index contributed by atoms with van der Waals surface area (Å²) < 4.78 is 33.5. The number of benzene rings is 2. The Balaban J connectivity index is 1.31. The average Bonchev–Trinajstić information content (AvgIpc) is 3.56. The van der Waals surface area contributed by atoms with Crippen molar-refractivity contribution in [2.75, 3.05) is 25.5 Å². The molecule has 1 N–H and O–H groups in total. The first-order valence-corrected chi connectivity index (χ1v) is 13.3. The number of furan rings is 1. The molecule has 0 aliphatic carbocycles. The van der Waals surface area contributed by atoms with Crippen LogP contribution in [0.15, 0.2) is 82.4 Å². The normalized spacial score (nSPS) is 16.3. The second-order valence-electron chi connectivity index (χ2n) is 9.06. The molecular weight excluding hydrogens is 476 g/mol. The first-order valence-electron chi connectivity index (χ1n) is 11.8.